The minimum atomic E-state index is -0.201. The number of hydrogen-bond acceptors (Lipinski definition) is 3. The summed E-state index contributed by atoms with van der Waals surface area (Å²) in [7, 11) is 1.65. The minimum Gasteiger partial charge on any atom is -0.372 e. The molecule has 1 aromatic carbocycles. The number of hydrogen-bond donors (Lipinski definition) is 2. The summed E-state index contributed by atoms with van der Waals surface area (Å²) in [4.78, 5) is 11.4. The van der Waals surface area contributed by atoms with Crippen molar-refractivity contribution in [1.29, 1.82) is 0 Å². The summed E-state index contributed by atoms with van der Waals surface area (Å²) < 4.78 is 5.77. The number of fused-ring (bicyclic) bond motifs is 1. The summed E-state index contributed by atoms with van der Waals surface area (Å²) in [5.41, 5.74) is 2.59. The van der Waals surface area contributed by atoms with Crippen LogP contribution in [0, 0.1) is 0 Å². The second-order valence-corrected chi connectivity index (χ2v) is 4.55. The first-order chi connectivity index (χ1) is 8.72. The van der Waals surface area contributed by atoms with Gasteiger partial charge in [0.2, 0.25) is 5.91 Å². The number of amides is 1. The molecule has 0 radical (unpaired) electrons. The molecule has 0 bridgehead atoms. The predicted molar refractivity (Wildman–Crippen MR) is 70.4 cm³/mol. The molecule has 98 valence electrons. The number of nitrogens with one attached hydrogen (secondary N) is 2. The smallest absolute Gasteiger partial charge is 0.236 e. The molecule has 4 heteroatoms. The molecule has 0 saturated carbocycles. The fourth-order valence-electron chi connectivity index (χ4n) is 2.24. The largest absolute Gasteiger partial charge is 0.372 e. The van der Waals surface area contributed by atoms with E-state index in [1.807, 2.05) is 13.0 Å². The van der Waals surface area contributed by atoms with Crippen molar-refractivity contribution in [3.05, 3.63) is 35.4 Å². The molecule has 1 aliphatic rings. The second kappa shape index (κ2) is 5.98. The third-order valence-electron chi connectivity index (χ3n) is 3.34. The van der Waals surface area contributed by atoms with E-state index in [0.717, 1.165) is 13.0 Å². The van der Waals surface area contributed by atoms with Gasteiger partial charge >= 0.3 is 0 Å². The Hall–Kier alpha value is -1.39. The molecule has 1 aromatic rings. The molecule has 1 amide bonds. The quantitative estimate of drug-likeness (QED) is 0.836. The Morgan fingerprint density at radius 3 is 3.06 bits per heavy atom. The summed E-state index contributed by atoms with van der Waals surface area (Å²) in [6, 6.07) is 8.14. The van der Waals surface area contributed by atoms with Gasteiger partial charge in [-0.05, 0) is 24.5 Å². The highest BCUT2D eigenvalue weighted by Crippen LogP contribution is 2.26. The van der Waals surface area contributed by atoms with Crippen LogP contribution in [0.5, 0.6) is 0 Å². The third kappa shape index (κ3) is 2.89. The molecule has 4 nitrogen and oxygen atoms in total. The normalized spacial score (nSPS) is 20.0. The van der Waals surface area contributed by atoms with Gasteiger partial charge in [-0.2, -0.15) is 0 Å². The van der Waals surface area contributed by atoms with Gasteiger partial charge in [0.15, 0.2) is 0 Å². The van der Waals surface area contributed by atoms with Gasteiger partial charge in [0.25, 0.3) is 0 Å². The summed E-state index contributed by atoms with van der Waals surface area (Å²) in [6.07, 6.45) is 1.01. The van der Waals surface area contributed by atoms with Crippen molar-refractivity contribution in [3.63, 3.8) is 0 Å². The van der Waals surface area contributed by atoms with Gasteiger partial charge in [-0.3, -0.25) is 4.79 Å². The van der Waals surface area contributed by atoms with E-state index in [1.165, 1.54) is 11.1 Å². The molecule has 2 N–H and O–H groups in total. The molecule has 2 atom stereocenters. The first-order valence-electron chi connectivity index (χ1n) is 6.36. The number of likely N-dealkylation sites (N-methyl/N-ethyl adjacent to an activating group) is 1. The van der Waals surface area contributed by atoms with Crippen molar-refractivity contribution < 1.29 is 9.53 Å². The summed E-state index contributed by atoms with van der Waals surface area (Å²) in [6.45, 7) is 3.26. The molecule has 0 saturated heterocycles. The van der Waals surface area contributed by atoms with E-state index >= 15 is 0 Å². The van der Waals surface area contributed by atoms with Gasteiger partial charge in [0.1, 0.15) is 0 Å². The topological polar surface area (TPSA) is 50.4 Å². The lowest BCUT2D eigenvalue weighted by Crippen LogP contribution is -2.43. The molecule has 0 aliphatic carbocycles. The number of rotatable bonds is 4. The summed E-state index contributed by atoms with van der Waals surface area (Å²) >= 11 is 0. The van der Waals surface area contributed by atoms with Crippen molar-refractivity contribution in [2.24, 2.45) is 0 Å². The Labute approximate surface area is 108 Å². The van der Waals surface area contributed by atoms with E-state index < -0.39 is 0 Å². The van der Waals surface area contributed by atoms with Crippen LogP contribution in [0.2, 0.25) is 0 Å². The van der Waals surface area contributed by atoms with Crippen molar-refractivity contribution in [3.8, 4) is 0 Å². The van der Waals surface area contributed by atoms with E-state index in [4.69, 9.17) is 4.74 Å². The SMILES string of the molecule is CNC(=O)C(C)NCC1OCCc2ccccc21. The maximum absolute atomic E-state index is 11.4. The van der Waals surface area contributed by atoms with Crippen LogP contribution < -0.4 is 10.6 Å². The van der Waals surface area contributed by atoms with Crippen LogP contribution in [0.4, 0.5) is 0 Å². The average Bonchev–Trinajstić information content (AvgIpc) is 2.43. The highest BCUT2D eigenvalue weighted by molar-refractivity contribution is 5.80. The molecule has 1 aliphatic heterocycles. The van der Waals surface area contributed by atoms with Gasteiger partial charge in [-0.15, -0.1) is 0 Å². The van der Waals surface area contributed by atoms with Crippen molar-refractivity contribution in [2.45, 2.75) is 25.5 Å². The van der Waals surface area contributed by atoms with Crippen LogP contribution >= 0.6 is 0 Å². The van der Waals surface area contributed by atoms with Crippen LogP contribution in [0.3, 0.4) is 0 Å². The van der Waals surface area contributed by atoms with Gasteiger partial charge in [0.05, 0.1) is 18.8 Å². The van der Waals surface area contributed by atoms with Crippen molar-refractivity contribution in [1.82, 2.24) is 10.6 Å². The summed E-state index contributed by atoms with van der Waals surface area (Å²) in [5.74, 6) is -0.000838. The molecular weight excluding hydrogens is 228 g/mol. The van der Waals surface area contributed by atoms with E-state index in [2.05, 4.69) is 28.8 Å². The number of carbonyl (C=O) groups is 1. The van der Waals surface area contributed by atoms with Crippen LogP contribution in [0.15, 0.2) is 24.3 Å². The lowest BCUT2D eigenvalue weighted by atomic mass is 9.97. The van der Waals surface area contributed by atoms with Gasteiger partial charge in [-0.25, -0.2) is 0 Å². The van der Waals surface area contributed by atoms with Crippen molar-refractivity contribution in [2.75, 3.05) is 20.2 Å². The fraction of sp³-hybridized carbons (Fsp3) is 0.500. The molecule has 2 unspecified atom stereocenters. The predicted octanol–water partition coefficient (Wildman–Crippen LogP) is 1.02. The second-order valence-electron chi connectivity index (χ2n) is 4.55. The maximum atomic E-state index is 11.4. The summed E-state index contributed by atoms with van der Waals surface area (Å²) in [5, 5.41) is 5.84. The molecule has 0 fully saturated rings. The minimum absolute atomic E-state index is 0.000838. The number of ether oxygens (including phenoxy) is 1. The Bertz CT molecular complexity index is 420. The molecule has 0 spiro atoms. The first-order valence-corrected chi connectivity index (χ1v) is 6.36. The third-order valence-corrected chi connectivity index (χ3v) is 3.34. The average molecular weight is 248 g/mol. The highest BCUT2D eigenvalue weighted by atomic mass is 16.5. The molecule has 2 rings (SSSR count). The van der Waals surface area contributed by atoms with E-state index in [9.17, 15) is 4.79 Å². The number of carbonyl (C=O) groups excluding carboxylic acids is 1. The van der Waals surface area contributed by atoms with Crippen LogP contribution in [0.1, 0.15) is 24.2 Å². The maximum Gasteiger partial charge on any atom is 0.236 e. The molecule has 1 heterocycles. The molecular formula is C14H20N2O2. The van der Waals surface area contributed by atoms with Gasteiger partial charge in [-0.1, -0.05) is 24.3 Å². The monoisotopic (exact) mass is 248 g/mol. The zero-order valence-corrected chi connectivity index (χ0v) is 10.9. The van der Waals surface area contributed by atoms with E-state index in [1.54, 1.807) is 7.05 Å². The standard InChI is InChI=1S/C14H20N2O2/c1-10(14(17)15-2)16-9-13-12-6-4-3-5-11(12)7-8-18-13/h3-6,10,13,16H,7-9H2,1-2H3,(H,15,17). The molecule has 0 aromatic heterocycles. The van der Waals surface area contributed by atoms with Crippen molar-refractivity contribution >= 4 is 5.91 Å². The van der Waals surface area contributed by atoms with E-state index in [0.29, 0.717) is 6.54 Å². The fourth-order valence-corrected chi connectivity index (χ4v) is 2.24. The van der Waals surface area contributed by atoms with Crippen LogP contribution in [0.25, 0.3) is 0 Å². The highest BCUT2D eigenvalue weighted by Gasteiger charge is 2.21. The van der Waals surface area contributed by atoms with Gasteiger partial charge < -0.3 is 15.4 Å². The Balaban J connectivity index is 1.97. The Morgan fingerprint density at radius 1 is 1.50 bits per heavy atom. The zero-order valence-electron chi connectivity index (χ0n) is 10.9. The van der Waals surface area contributed by atoms with Crippen LogP contribution in [-0.4, -0.2) is 32.1 Å². The lowest BCUT2D eigenvalue weighted by Gasteiger charge is -2.27. The van der Waals surface area contributed by atoms with Crippen LogP contribution in [-0.2, 0) is 16.0 Å². The Morgan fingerprint density at radius 2 is 2.28 bits per heavy atom. The van der Waals surface area contributed by atoms with Gasteiger partial charge in [0, 0.05) is 13.6 Å². The van der Waals surface area contributed by atoms with E-state index in [-0.39, 0.29) is 18.1 Å². The first kappa shape index (κ1) is 13.1. The zero-order chi connectivity index (χ0) is 13.0. The lowest BCUT2D eigenvalue weighted by molar-refractivity contribution is -0.122. The molecule has 18 heavy (non-hydrogen) atoms. The number of benzene rings is 1. The Kier molecular flexibility index (Phi) is 4.33.